The third kappa shape index (κ3) is 4.24. The van der Waals surface area contributed by atoms with Crippen molar-refractivity contribution in [1.29, 1.82) is 0 Å². The number of rotatable bonds is 2. The number of hydrogen-bond donors (Lipinski definition) is 2. The van der Waals surface area contributed by atoms with Crippen LogP contribution >= 0.6 is 24.4 Å². The second-order valence-electron chi connectivity index (χ2n) is 0.624. The highest BCUT2D eigenvalue weighted by molar-refractivity contribution is 8.11. The van der Waals surface area contributed by atoms with Gasteiger partial charge in [0.2, 0.25) is 0 Å². The minimum atomic E-state index is 0.799. The molecule has 0 spiro atoms. The van der Waals surface area contributed by atoms with Crippen molar-refractivity contribution >= 4 is 24.4 Å². The maximum absolute atomic E-state index is 4.98. The van der Waals surface area contributed by atoms with E-state index in [1.807, 2.05) is 0 Å². The second kappa shape index (κ2) is 5.24. The van der Waals surface area contributed by atoms with Crippen LogP contribution in [0.2, 0.25) is 0 Å². The molecule has 36 valence electrons. The van der Waals surface area contributed by atoms with E-state index < -0.39 is 0 Å². The molecule has 0 aromatic rings. The van der Waals surface area contributed by atoms with E-state index in [9.17, 15) is 0 Å². The van der Waals surface area contributed by atoms with E-state index in [2.05, 4.69) is 12.6 Å². The van der Waals surface area contributed by atoms with Crippen LogP contribution in [0.4, 0.5) is 0 Å². The number of thiol groups is 1. The Kier molecular flexibility index (Phi) is 5.45. The summed E-state index contributed by atoms with van der Waals surface area (Å²) in [6, 6.07) is 0. The third-order valence-electron chi connectivity index (χ3n) is 0.249. The molecule has 0 unspecified atom stereocenters. The van der Waals surface area contributed by atoms with Gasteiger partial charge in [-0.15, -0.1) is 11.8 Å². The molecule has 0 aliphatic rings. The van der Waals surface area contributed by atoms with Crippen LogP contribution in [0, 0.1) is 0 Å². The van der Waals surface area contributed by atoms with E-state index in [1.54, 1.807) is 17.2 Å². The number of nitrogens with two attached hydrogens (primary N) is 1. The topological polar surface area (TPSA) is 26.0 Å². The Bertz CT molecular complexity index is 44.1. The number of thioether (sulfide) groups is 1. The van der Waals surface area contributed by atoms with Gasteiger partial charge in [0.1, 0.15) is 0 Å². The summed E-state index contributed by atoms with van der Waals surface area (Å²) in [6.45, 7) is 0. The van der Waals surface area contributed by atoms with Crippen LogP contribution in [0.3, 0.4) is 0 Å². The molecule has 0 heterocycles. The largest absolute Gasteiger partial charge is 0.404 e. The lowest BCUT2D eigenvalue weighted by molar-refractivity contribution is 1.63. The summed E-state index contributed by atoms with van der Waals surface area (Å²) in [6.07, 6.45) is 1.50. The van der Waals surface area contributed by atoms with Crippen molar-refractivity contribution in [1.82, 2.24) is 0 Å². The van der Waals surface area contributed by atoms with Crippen molar-refractivity contribution < 1.29 is 0 Å². The lowest BCUT2D eigenvalue weighted by atomic mass is 11.1. The second-order valence-corrected chi connectivity index (χ2v) is 2.26. The van der Waals surface area contributed by atoms with Crippen LogP contribution < -0.4 is 5.73 Å². The molecule has 1 nitrogen and oxygen atoms in total. The predicted octanol–water partition coefficient (Wildman–Crippen LogP) is 1.04. The van der Waals surface area contributed by atoms with Crippen LogP contribution in [-0.2, 0) is 0 Å². The predicted molar refractivity (Wildman–Crippen MR) is 34.8 cm³/mol. The Morgan fingerprint density at radius 3 is 2.67 bits per heavy atom. The Morgan fingerprint density at radius 1 is 1.83 bits per heavy atom. The summed E-state index contributed by atoms with van der Waals surface area (Å²) in [4.78, 5) is 0. The summed E-state index contributed by atoms with van der Waals surface area (Å²) in [5, 5.41) is 2.60. The zero-order chi connectivity index (χ0) is 4.83. The van der Waals surface area contributed by atoms with Crippen molar-refractivity contribution in [3.8, 4) is 0 Å². The first-order chi connectivity index (χ1) is 2.91. The normalized spacial score (nSPS) is 10.2. The average molecular weight is 121 g/mol. The summed E-state index contributed by atoms with van der Waals surface area (Å²) in [7, 11) is 0. The maximum atomic E-state index is 4.98. The molecule has 0 saturated carbocycles. The molecule has 0 atom stereocenters. The van der Waals surface area contributed by atoms with Crippen molar-refractivity contribution in [3.05, 3.63) is 11.6 Å². The monoisotopic (exact) mass is 121 g/mol. The zero-order valence-corrected chi connectivity index (χ0v) is 5.01. The van der Waals surface area contributed by atoms with Crippen molar-refractivity contribution in [2.75, 3.05) is 5.08 Å². The fraction of sp³-hybridized carbons (Fsp3) is 0.333. The Balaban J connectivity index is 2.66. The molecule has 0 aliphatic carbocycles. The molecule has 0 radical (unpaired) electrons. The Morgan fingerprint density at radius 2 is 2.50 bits per heavy atom. The molecule has 6 heavy (non-hydrogen) atoms. The van der Waals surface area contributed by atoms with E-state index in [0.717, 1.165) is 5.08 Å². The SMILES string of the molecule is N/C=C\SCS. The standard InChI is InChI=1S/C3H7NS2/c4-1-2-6-3-5/h1-2,5H,3-4H2/b2-1-. The van der Waals surface area contributed by atoms with E-state index in [4.69, 9.17) is 5.73 Å². The third-order valence-corrected chi connectivity index (χ3v) is 1.20. The highest BCUT2D eigenvalue weighted by Crippen LogP contribution is 2.00. The van der Waals surface area contributed by atoms with Gasteiger partial charge in [-0.25, -0.2) is 0 Å². The molecular weight excluding hydrogens is 114 g/mol. The van der Waals surface area contributed by atoms with Gasteiger partial charge in [0.05, 0.1) is 0 Å². The first kappa shape index (κ1) is 6.24. The van der Waals surface area contributed by atoms with E-state index >= 15 is 0 Å². The molecule has 0 aliphatic heterocycles. The molecule has 0 rings (SSSR count). The molecule has 0 fully saturated rings. The fourth-order valence-corrected chi connectivity index (χ4v) is 0.554. The van der Waals surface area contributed by atoms with Gasteiger partial charge in [0, 0.05) is 11.3 Å². The molecule has 0 aromatic carbocycles. The van der Waals surface area contributed by atoms with Crippen LogP contribution in [0.15, 0.2) is 11.6 Å². The van der Waals surface area contributed by atoms with Gasteiger partial charge in [-0.1, -0.05) is 0 Å². The highest BCUT2D eigenvalue weighted by atomic mass is 32.2. The summed E-state index contributed by atoms with van der Waals surface area (Å²) in [5.41, 5.74) is 4.98. The van der Waals surface area contributed by atoms with Gasteiger partial charge in [-0.2, -0.15) is 12.6 Å². The smallest absolute Gasteiger partial charge is 0.0403 e. The van der Waals surface area contributed by atoms with Crippen molar-refractivity contribution in [2.45, 2.75) is 0 Å². The maximum Gasteiger partial charge on any atom is 0.0403 e. The van der Waals surface area contributed by atoms with Gasteiger partial charge in [0.15, 0.2) is 0 Å². The molecule has 0 aromatic heterocycles. The molecule has 2 N–H and O–H groups in total. The van der Waals surface area contributed by atoms with Crippen LogP contribution in [0.25, 0.3) is 0 Å². The molecule has 0 bridgehead atoms. The zero-order valence-electron chi connectivity index (χ0n) is 3.29. The quantitative estimate of drug-likeness (QED) is 0.421. The van der Waals surface area contributed by atoms with Gasteiger partial charge >= 0.3 is 0 Å². The molecule has 3 heteroatoms. The van der Waals surface area contributed by atoms with Crippen molar-refractivity contribution in [2.24, 2.45) is 5.73 Å². The molecule has 0 saturated heterocycles. The average Bonchev–Trinajstić information content (AvgIpc) is 1.61. The first-order valence-electron chi connectivity index (χ1n) is 1.51. The van der Waals surface area contributed by atoms with Crippen LogP contribution in [-0.4, -0.2) is 5.08 Å². The number of hydrogen-bond acceptors (Lipinski definition) is 3. The van der Waals surface area contributed by atoms with Gasteiger partial charge in [0.25, 0.3) is 0 Å². The Labute approximate surface area is 47.4 Å². The van der Waals surface area contributed by atoms with E-state index in [0.29, 0.717) is 0 Å². The van der Waals surface area contributed by atoms with Gasteiger partial charge < -0.3 is 5.73 Å². The van der Waals surface area contributed by atoms with E-state index in [-0.39, 0.29) is 0 Å². The molecule has 0 amide bonds. The summed E-state index contributed by atoms with van der Waals surface area (Å²) in [5.74, 6) is 0. The van der Waals surface area contributed by atoms with Gasteiger partial charge in [-0.05, 0) is 5.41 Å². The lowest BCUT2D eigenvalue weighted by Crippen LogP contribution is -1.71. The minimum Gasteiger partial charge on any atom is -0.404 e. The van der Waals surface area contributed by atoms with Gasteiger partial charge in [-0.3, -0.25) is 0 Å². The van der Waals surface area contributed by atoms with Crippen molar-refractivity contribution in [3.63, 3.8) is 0 Å². The highest BCUT2D eigenvalue weighted by Gasteiger charge is 1.65. The van der Waals surface area contributed by atoms with Crippen LogP contribution in [0.5, 0.6) is 0 Å². The molecular formula is C3H7NS2. The Hall–Kier alpha value is 0.240. The minimum absolute atomic E-state index is 0.799. The summed E-state index contributed by atoms with van der Waals surface area (Å²) < 4.78 is 0. The lowest BCUT2D eigenvalue weighted by Gasteiger charge is -1.76. The first-order valence-corrected chi connectivity index (χ1v) is 3.19. The fourth-order valence-electron chi connectivity index (χ4n) is 0.0986. The van der Waals surface area contributed by atoms with E-state index in [1.165, 1.54) is 6.20 Å². The summed E-state index contributed by atoms with van der Waals surface area (Å²) >= 11 is 5.48. The van der Waals surface area contributed by atoms with Crippen LogP contribution in [0.1, 0.15) is 0 Å².